The minimum absolute atomic E-state index is 0.0440. The van der Waals surface area contributed by atoms with E-state index < -0.39 is 27.3 Å². The summed E-state index contributed by atoms with van der Waals surface area (Å²) in [5, 5.41) is 2.69. The Morgan fingerprint density at radius 2 is 2.00 bits per heavy atom. The average Bonchev–Trinajstić information content (AvgIpc) is 2.84. The summed E-state index contributed by atoms with van der Waals surface area (Å²) in [7, 11) is -3.93. The van der Waals surface area contributed by atoms with Gasteiger partial charge in [0, 0.05) is 6.04 Å². The van der Waals surface area contributed by atoms with Crippen molar-refractivity contribution in [3.05, 3.63) is 24.0 Å². The molecule has 0 saturated heterocycles. The molecular weight excluding hydrogens is 283 g/mol. The summed E-state index contributed by atoms with van der Waals surface area (Å²) >= 11 is 0. The first-order valence-electron chi connectivity index (χ1n) is 6.45. The zero-order valence-electron chi connectivity index (χ0n) is 10.9. The van der Waals surface area contributed by atoms with Crippen molar-refractivity contribution in [2.24, 2.45) is 0 Å². The van der Waals surface area contributed by atoms with Crippen molar-refractivity contribution < 1.29 is 17.6 Å². The van der Waals surface area contributed by atoms with Crippen LogP contribution >= 0.6 is 0 Å². The second kappa shape index (κ2) is 5.78. The number of nitrogens with one attached hydrogen (secondary N) is 1. The predicted octanol–water partition coefficient (Wildman–Crippen LogP) is 1.24. The molecular formula is C13H17FN2O3S. The molecule has 1 amide bonds. The number of nitrogens with two attached hydrogens (primary N) is 1. The number of hydrogen-bond donors (Lipinski definition) is 2. The van der Waals surface area contributed by atoms with E-state index in [1.54, 1.807) is 0 Å². The van der Waals surface area contributed by atoms with E-state index in [4.69, 9.17) is 5.73 Å². The molecule has 0 radical (unpaired) electrons. The van der Waals surface area contributed by atoms with Gasteiger partial charge in [0.15, 0.2) is 9.84 Å². The molecule has 7 heteroatoms. The minimum atomic E-state index is -3.93. The summed E-state index contributed by atoms with van der Waals surface area (Å²) in [5.74, 6) is -1.98. The molecule has 110 valence electrons. The van der Waals surface area contributed by atoms with Crippen LogP contribution in [0, 0.1) is 5.82 Å². The predicted molar refractivity (Wildman–Crippen MR) is 73.3 cm³/mol. The number of rotatable bonds is 4. The highest BCUT2D eigenvalue weighted by molar-refractivity contribution is 7.92. The van der Waals surface area contributed by atoms with Gasteiger partial charge in [-0.05, 0) is 31.0 Å². The Labute approximate surface area is 117 Å². The van der Waals surface area contributed by atoms with Gasteiger partial charge in [-0.3, -0.25) is 4.79 Å². The topological polar surface area (TPSA) is 89.3 Å². The first kappa shape index (κ1) is 14.8. The Kier molecular flexibility index (Phi) is 4.27. The van der Waals surface area contributed by atoms with Crippen LogP contribution in [0.2, 0.25) is 0 Å². The van der Waals surface area contributed by atoms with Crippen molar-refractivity contribution in [3.63, 3.8) is 0 Å². The first-order chi connectivity index (χ1) is 9.38. The highest BCUT2D eigenvalue weighted by Gasteiger charge is 2.25. The smallest absolute Gasteiger partial charge is 0.235 e. The molecule has 2 rings (SSSR count). The summed E-state index contributed by atoms with van der Waals surface area (Å²) in [6.07, 6.45) is 3.81. The van der Waals surface area contributed by atoms with Gasteiger partial charge in [-0.1, -0.05) is 12.8 Å². The number of hydrogen-bond acceptors (Lipinski definition) is 4. The standard InChI is InChI=1S/C13H17FN2O3S/c14-9-5-6-11(15)12(7-9)20(18,19)8-13(17)16-10-3-1-2-4-10/h5-7,10H,1-4,8,15H2,(H,16,17). The maximum atomic E-state index is 13.1. The molecule has 1 saturated carbocycles. The van der Waals surface area contributed by atoms with Gasteiger partial charge >= 0.3 is 0 Å². The van der Waals surface area contributed by atoms with Crippen LogP contribution in [-0.4, -0.2) is 26.1 Å². The molecule has 3 N–H and O–H groups in total. The molecule has 0 heterocycles. The lowest BCUT2D eigenvalue weighted by Gasteiger charge is -2.12. The Bertz CT molecular complexity index is 610. The van der Waals surface area contributed by atoms with E-state index in [1.165, 1.54) is 6.07 Å². The number of carbonyl (C=O) groups excluding carboxylic acids is 1. The molecule has 0 unspecified atom stereocenters. The van der Waals surface area contributed by atoms with Crippen LogP contribution in [0.3, 0.4) is 0 Å². The van der Waals surface area contributed by atoms with Crippen molar-refractivity contribution in [1.29, 1.82) is 0 Å². The molecule has 1 aliphatic rings. The molecule has 0 atom stereocenters. The second-order valence-electron chi connectivity index (χ2n) is 4.99. The lowest BCUT2D eigenvalue weighted by molar-refractivity contribution is -0.119. The SMILES string of the molecule is Nc1ccc(F)cc1S(=O)(=O)CC(=O)NC1CCCC1. The van der Waals surface area contributed by atoms with Crippen molar-refractivity contribution in [2.45, 2.75) is 36.6 Å². The third-order valence-electron chi connectivity index (χ3n) is 3.35. The van der Waals surface area contributed by atoms with Crippen LogP contribution in [0.5, 0.6) is 0 Å². The minimum Gasteiger partial charge on any atom is -0.398 e. The van der Waals surface area contributed by atoms with Crippen LogP contribution in [0.25, 0.3) is 0 Å². The Balaban J connectivity index is 2.10. The third-order valence-corrected chi connectivity index (χ3v) is 5.02. The van der Waals surface area contributed by atoms with Crippen LogP contribution in [0.15, 0.2) is 23.1 Å². The van der Waals surface area contributed by atoms with Crippen molar-refractivity contribution in [1.82, 2.24) is 5.32 Å². The molecule has 20 heavy (non-hydrogen) atoms. The lowest BCUT2D eigenvalue weighted by atomic mass is 10.2. The van der Waals surface area contributed by atoms with E-state index in [-0.39, 0.29) is 16.6 Å². The number of sulfone groups is 1. The van der Waals surface area contributed by atoms with Gasteiger partial charge in [0.05, 0.1) is 10.6 Å². The van der Waals surface area contributed by atoms with Crippen LogP contribution in [-0.2, 0) is 14.6 Å². The van der Waals surface area contributed by atoms with E-state index in [9.17, 15) is 17.6 Å². The fourth-order valence-corrected chi connectivity index (χ4v) is 3.67. The number of benzene rings is 1. The van der Waals surface area contributed by atoms with Gasteiger partial charge in [0.2, 0.25) is 5.91 Å². The monoisotopic (exact) mass is 300 g/mol. The number of halogens is 1. The summed E-state index contributed by atoms with van der Waals surface area (Å²) < 4.78 is 37.3. The van der Waals surface area contributed by atoms with Crippen molar-refractivity contribution in [3.8, 4) is 0 Å². The number of anilines is 1. The van der Waals surface area contributed by atoms with E-state index in [1.807, 2.05) is 0 Å². The van der Waals surface area contributed by atoms with Crippen molar-refractivity contribution >= 4 is 21.4 Å². The maximum absolute atomic E-state index is 13.1. The average molecular weight is 300 g/mol. The number of carbonyl (C=O) groups is 1. The first-order valence-corrected chi connectivity index (χ1v) is 8.11. The summed E-state index contributed by atoms with van der Waals surface area (Å²) in [4.78, 5) is 11.4. The molecule has 5 nitrogen and oxygen atoms in total. The highest BCUT2D eigenvalue weighted by atomic mass is 32.2. The molecule has 0 aromatic heterocycles. The quantitative estimate of drug-likeness (QED) is 0.819. The van der Waals surface area contributed by atoms with Gasteiger partial charge in [-0.15, -0.1) is 0 Å². The summed E-state index contributed by atoms with van der Waals surface area (Å²) in [6, 6.07) is 3.14. The van der Waals surface area contributed by atoms with Crippen LogP contribution in [0.1, 0.15) is 25.7 Å². The molecule has 1 aromatic rings. The zero-order chi connectivity index (χ0) is 14.8. The second-order valence-corrected chi connectivity index (χ2v) is 6.95. The van der Waals surface area contributed by atoms with Crippen LogP contribution < -0.4 is 11.1 Å². The van der Waals surface area contributed by atoms with E-state index in [2.05, 4.69) is 5.32 Å². The van der Waals surface area contributed by atoms with Gasteiger partial charge in [-0.2, -0.15) is 0 Å². The van der Waals surface area contributed by atoms with E-state index in [0.29, 0.717) is 0 Å². The molecule has 1 aliphatic carbocycles. The van der Waals surface area contributed by atoms with Gasteiger partial charge in [0.25, 0.3) is 0 Å². The highest BCUT2D eigenvalue weighted by Crippen LogP contribution is 2.21. The van der Waals surface area contributed by atoms with E-state index in [0.717, 1.165) is 37.8 Å². The summed E-state index contributed by atoms with van der Waals surface area (Å²) in [6.45, 7) is 0. The molecule has 0 spiro atoms. The molecule has 0 bridgehead atoms. The Hall–Kier alpha value is -1.63. The zero-order valence-corrected chi connectivity index (χ0v) is 11.7. The number of amides is 1. The lowest BCUT2D eigenvalue weighted by Crippen LogP contribution is -2.37. The number of nitrogen functional groups attached to an aromatic ring is 1. The van der Waals surface area contributed by atoms with Gasteiger partial charge in [0.1, 0.15) is 11.6 Å². The molecule has 1 aromatic carbocycles. The fourth-order valence-electron chi connectivity index (χ4n) is 2.37. The Morgan fingerprint density at radius 1 is 1.35 bits per heavy atom. The van der Waals surface area contributed by atoms with E-state index >= 15 is 0 Å². The molecule has 1 fully saturated rings. The van der Waals surface area contributed by atoms with Gasteiger partial charge < -0.3 is 11.1 Å². The van der Waals surface area contributed by atoms with Crippen LogP contribution in [0.4, 0.5) is 10.1 Å². The van der Waals surface area contributed by atoms with Gasteiger partial charge in [-0.25, -0.2) is 12.8 Å². The third kappa shape index (κ3) is 3.47. The summed E-state index contributed by atoms with van der Waals surface area (Å²) in [5.41, 5.74) is 5.48. The maximum Gasteiger partial charge on any atom is 0.235 e. The normalized spacial score (nSPS) is 16.2. The molecule has 0 aliphatic heterocycles. The fraction of sp³-hybridized carbons (Fsp3) is 0.462. The van der Waals surface area contributed by atoms with Crippen molar-refractivity contribution in [2.75, 3.05) is 11.5 Å². The Morgan fingerprint density at radius 3 is 2.65 bits per heavy atom. The largest absolute Gasteiger partial charge is 0.398 e.